The Hall–Kier alpha value is -3.31. The van der Waals surface area contributed by atoms with Gasteiger partial charge in [-0.3, -0.25) is 0 Å². The molecular formula is C35H43ClO5. The number of halogens is 1. The van der Waals surface area contributed by atoms with E-state index in [2.05, 4.69) is 20.4 Å². The summed E-state index contributed by atoms with van der Waals surface area (Å²) in [5, 5.41) is 1.70. The minimum absolute atomic E-state index is 0.155. The Morgan fingerprint density at radius 1 is 0.780 bits per heavy atom. The lowest BCUT2D eigenvalue weighted by Crippen LogP contribution is -2.16. The minimum atomic E-state index is -0.470. The van der Waals surface area contributed by atoms with Crippen LogP contribution in [0.25, 0.3) is 10.8 Å². The highest BCUT2D eigenvalue weighted by Crippen LogP contribution is 2.24. The summed E-state index contributed by atoms with van der Waals surface area (Å²) in [5.74, 6) is 0.676. The quantitative estimate of drug-likeness (QED) is 0.0494. The van der Waals surface area contributed by atoms with Crippen LogP contribution in [0.2, 0.25) is 0 Å². The van der Waals surface area contributed by atoms with Gasteiger partial charge in [0.1, 0.15) is 18.1 Å². The van der Waals surface area contributed by atoms with E-state index >= 15 is 0 Å². The summed E-state index contributed by atoms with van der Waals surface area (Å²) in [5.41, 5.74) is 0.814. The van der Waals surface area contributed by atoms with Crippen molar-refractivity contribution in [3.8, 4) is 11.5 Å². The number of allylic oxidation sites excluding steroid dienone is 1. The van der Waals surface area contributed by atoms with E-state index in [1.807, 2.05) is 36.4 Å². The van der Waals surface area contributed by atoms with E-state index in [1.54, 1.807) is 30.3 Å². The topological polar surface area (TPSA) is 61.8 Å². The molecule has 5 nitrogen and oxygen atoms in total. The summed E-state index contributed by atoms with van der Waals surface area (Å²) >= 11 is 6.20. The monoisotopic (exact) mass is 578 g/mol. The molecule has 0 radical (unpaired) electrons. The zero-order valence-electron chi connectivity index (χ0n) is 24.4. The fourth-order valence-electron chi connectivity index (χ4n) is 4.56. The third kappa shape index (κ3) is 11.6. The van der Waals surface area contributed by atoms with Gasteiger partial charge in [-0.1, -0.05) is 64.2 Å². The summed E-state index contributed by atoms with van der Waals surface area (Å²) in [4.78, 5) is 25.1. The first-order valence-electron chi connectivity index (χ1n) is 14.8. The number of carbonyl (C=O) groups is 2. The molecule has 0 aliphatic heterocycles. The summed E-state index contributed by atoms with van der Waals surface area (Å²) in [6, 6.07) is 17.6. The van der Waals surface area contributed by atoms with Crippen molar-refractivity contribution in [1.29, 1.82) is 0 Å². The van der Waals surface area contributed by atoms with Crippen molar-refractivity contribution in [3.05, 3.63) is 84.4 Å². The van der Waals surface area contributed by atoms with Crippen molar-refractivity contribution < 1.29 is 23.8 Å². The molecule has 0 spiro atoms. The van der Waals surface area contributed by atoms with Gasteiger partial charge in [0, 0.05) is 0 Å². The van der Waals surface area contributed by atoms with Gasteiger partial charge in [-0.2, -0.15) is 0 Å². The summed E-state index contributed by atoms with van der Waals surface area (Å²) < 4.78 is 16.8. The van der Waals surface area contributed by atoms with Crippen molar-refractivity contribution in [2.24, 2.45) is 5.92 Å². The minimum Gasteiger partial charge on any atom is -0.494 e. The first-order chi connectivity index (χ1) is 19.9. The van der Waals surface area contributed by atoms with Gasteiger partial charge in [-0.05, 0) is 90.9 Å². The largest absolute Gasteiger partial charge is 0.494 e. The maximum absolute atomic E-state index is 12.8. The van der Waals surface area contributed by atoms with Crippen LogP contribution in [0.15, 0.2) is 73.3 Å². The van der Waals surface area contributed by atoms with Crippen LogP contribution < -0.4 is 9.47 Å². The Kier molecular flexibility index (Phi) is 13.7. The van der Waals surface area contributed by atoms with Gasteiger partial charge in [-0.25, -0.2) is 9.59 Å². The third-order valence-corrected chi connectivity index (χ3v) is 7.10. The number of hydrogen-bond donors (Lipinski definition) is 0. The van der Waals surface area contributed by atoms with E-state index < -0.39 is 11.9 Å². The SMILES string of the molecule is C=CCCCCCCCCCOc1ccc2cc(C(=O)Oc3ccc(C(=O)OC[C@@H](Cl)CC(C)C)cc3)ccc2c1. The molecule has 0 unspecified atom stereocenters. The average Bonchev–Trinajstić information content (AvgIpc) is 2.96. The Morgan fingerprint density at radius 3 is 2.10 bits per heavy atom. The number of fused-ring (bicyclic) bond motifs is 1. The lowest BCUT2D eigenvalue weighted by atomic mass is 10.1. The Bertz CT molecular complexity index is 1250. The smallest absolute Gasteiger partial charge is 0.343 e. The van der Waals surface area contributed by atoms with Gasteiger partial charge >= 0.3 is 11.9 Å². The molecular weight excluding hydrogens is 536 g/mol. The fourth-order valence-corrected chi connectivity index (χ4v) is 4.98. The zero-order chi connectivity index (χ0) is 29.5. The summed E-state index contributed by atoms with van der Waals surface area (Å²) in [7, 11) is 0. The summed E-state index contributed by atoms with van der Waals surface area (Å²) in [6.45, 7) is 8.76. The molecule has 0 saturated heterocycles. The molecule has 3 aromatic rings. The molecule has 0 amide bonds. The van der Waals surface area contributed by atoms with E-state index in [1.165, 1.54) is 38.5 Å². The van der Waals surface area contributed by atoms with Crippen LogP contribution in [-0.2, 0) is 4.74 Å². The fraction of sp³-hybridized carbons (Fsp3) is 0.429. The molecule has 41 heavy (non-hydrogen) atoms. The maximum atomic E-state index is 12.8. The van der Waals surface area contributed by atoms with Crippen LogP contribution in [0.4, 0.5) is 0 Å². The van der Waals surface area contributed by atoms with Gasteiger partial charge < -0.3 is 14.2 Å². The predicted molar refractivity (Wildman–Crippen MR) is 167 cm³/mol. The van der Waals surface area contributed by atoms with Gasteiger partial charge in [0.25, 0.3) is 0 Å². The molecule has 0 aromatic heterocycles. The molecule has 3 aromatic carbocycles. The lowest BCUT2D eigenvalue weighted by Gasteiger charge is -2.12. The van der Waals surface area contributed by atoms with Crippen LogP contribution in [0, 0.1) is 5.92 Å². The van der Waals surface area contributed by atoms with Gasteiger partial charge in [0.2, 0.25) is 0 Å². The van der Waals surface area contributed by atoms with E-state index in [9.17, 15) is 9.59 Å². The normalized spacial score (nSPS) is 11.8. The second-order valence-electron chi connectivity index (χ2n) is 10.9. The first kappa shape index (κ1) is 32.2. The first-order valence-corrected chi connectivity index (χ1v) is 15.2. The van der Waals surface area contributed by atoms with Crippen molar-refractivity contribution in [3.63, 3.8) is 0 Å². The Morgan fingerprint density at radius 2 is 1.39 bits per heavy atom. The van der Waals surface area contributed by atoms with Crippen molar-refractivity contribution in [2.45, 2.75) is 77.0 Å². The Labute approximate surface area is 249 Å². The van der Waals surface area contributed by atoms with Crippen molar-refractivity contribution in [1.82, 2.24) is 0 Å². The van der Waals surface area contributed by atoms with Crippen LogP contribution >= 0.6 is 11.6 Å². The molecule has 220 valence electrons. The highest BCUT2D eigenvalue weighted by molar-refractivity contribution is 6.20. The highest BCUT2D eigenvalue weighted by atomic mass is 35.5. The number of rotatable bonds is 18. The predicted octanol–water partition coefficient (Wildman–Crippen LogP) is 9.55. The molecule has 0 heterocycles. The number of esters is 2. The number of hydrogen-bond acceptors (Lipinski definition) is 5. The van der Waals surface area contributed by atoms with Crippen LogP contribution in [0.3, 0.4) is 0 Å². The van der Waals surface area contributed by atoms with Gasteiger partial charge in [0.15, 0.2) is 0 Å². The zero-order valence-corrected chi connectivity index (χ0v) is 25.2. The number of ether oxygens (including phenoxy) is 3. The highest BCUT2D eigenvalue weighted by Gasteiger charge is 2.14. The molecule has 0 saturated carbocycles. The number of alkyl halides is 1. The average molecular weight is 579 g/mol. The Balaban J connectivity index is 1.43. The molecule has 0 N–H and O–H groups in total. The standard InChI is InChI=1S/C35H43ClO5/c1-4-5-6-7-8-9-10-11-12-21-39-33-20-17-28-23-30(14-13-29(28)24-33)35(38)41-32-18-15-27(16-19-32)34(37)40-25-31(36)22-26(2)3/h4,13-20,23-24,26,31H,1,5-12,21-22,25H2,2-3H3/t31-/m0/s1. The second-order valence-corrected chi connectivity index (χ2v) is 11.5. The molecule has 6 heteroatoms. The molecule has 0 aliphatic carbocycles. The van der Waals surface area contributed by atoms with Crippen molar-refractivity contribution >= 4 is 34.3 Å². The number of carbonyl (C=O) groups excluding carboxylic acids is 2. The summed E-state index contributed by atoms with van der Waals surface area (Å²) in [6.07, 6.45) is 12.5. The second kappa shape index (κ2) is 17.5. The van der Waals surface area contributed by atoms with Crippen LogP contribution in [-0.4, -0.2) is 30.5 Å². The van der Waals surface area contributed by atoms with Gasteiger partial charge in [-0.15, -0.1) is 18.2 Å². The van der Waals surface area contributed by atoms with Crippen molar-refractivity contribution in [2.75, 3.05) is 13.2 Å². The lowest BCUT2D eigenvalue weighted by molar-refractivity contribution is 0.0498. The molecule has 3 rings (SSSR count). The van der Waals surface area contributed by atoms with E-state index in [4.69, 9.17) is 25.8 Å². The van der Waals surface area contributed by atoms with Crippen LogP contribution in [0.1, 0.15) is 92.4 Å². The molecule has 1 atom stereocenters. The maximum Gasteiger partial charge on any atom is 0.343 e. The van der Waals surface area contributed by atoms with E-state index in [-0.39, 0.29) is 12.0 Å². The number of unbranched alkanes of at least 4 members (excludes halogenated alkanes) is 7. The van der Waals surface area contributed by atoms with Crippen LogP contribution in [0.5, 0.6) is 11.5 Å². The molecule has 0 aliphatic rings. The molecule has 0 bridgehead atoms. The third-order valence-electron chi connectivity index (χ3n) is 6.79. The number of benzene rings is 3. The van der Waals surface area contributed by atoms with E-state index in [0.29, 0.717) is 29.4 Å². The molecule has 0 fully saturated rings. The van der Waals surface area contributed by atoms with E-state index in [0.717, 1.165) is 35.8 Å². The van der Waals surface area contributed by atoms with Gasteiger partial charge in [0.05, 0.1) is 23.1 Å².